The molecular weight excluding hydrogens is 276 g/mol. The Kier molecular flexibility index (Phi) is 6.43. The van der Waals surface area contributed by atoms with Crippen LogP contribution in [0.3, 0.4) is 0 Å². The van der Waals surface area contributed by atoms with E-state index < -0.39 is 0 Å². The maximum Gasteiger partial charge on any atom is 0.224 e. The molecule has 22 heavy (non-hydrogen) atoms. The summed E-state index contributed by atoms with van der Waals surface area (Å²) in [5.41, 5.74) is 2.16. The highest BCUT2D eigenvalue weighted by molar-refractivity contribution is 5.76. The minimum atomic E-state index is 0.200. The Labute approximate surface area is 133 Å². The van der Waals surface area contributed by atoms with Gasteiger partial charge in [-0.2, -0.15) is 5.10 Å². The molecule has 0 aromatic carbocycles. The van der Waals surface area contributed by atoms with Crippen LogP contribution in [-0.2, 0) is 11.2 Å². The van der Waals surface area contributed by atoms with Gasteiger partial charge < -0.3 is 10.2 Å². The molecule has 1 aliphatic rings. The zero-order valence-corrected chi connectivity index (χ0v) is 14.2. The lowest BCUT2D eigenvalue weighted by atomic mass is 10.1. The number of nitrogens with one attached hydrogen (secondary N) is 2. The molecule has 1 aromatic heterocycles. The van der Waals surface area contributed by atoms with Crippen molar-refractivity contribution in [3.63, 3.8) is 0 Å². The van der Waals surface area contributed by atoms with Crippen molar-refractivity contribution < 1.29 is 4.79 Å². The number of carbonyl (C=O) groups is 1. The lowest BCUT2D eigenvalue weighted by Crippen LogP contribution is -2.41. The van der Waals surface area contributed by atoms with Crippen molar-refractivity contribution in [2.45, 2.75) is 71.4 Å². The Hall–Kier alpha value is -1.36. The minimum Gasteiger partial charge on any atom is -0.343 e. The summed E-state index contributed by atoms with van der Waals surface area (Å²) in [5.74, 6) is 0.296. The summed E-state index contributed by atoms with van der Waals surface area (Å²) in [5, 5.41) is 10.8. The fourth-order valence-electron chi connectivity index (χ4n) is 3.21. The van der Waals surface area contributed by atoms with Gasteiger partial charge in [0.05, 0.1) is 5.69 Å². The molecule has 2 rings (SSSR count). The molecule has 0 aliphatic carbocycles. The SMILES string of the molecule is Cc1cc(C[C@@H](C)N[C@@H](C)CC(=O)N2CCCCCC2)n[nH]1. The molecule has 1 fully saturated rings. The van der Waals surface area contributed by atoms with Gasteiger partial charge in [-0.1, -0.05) is 12.8 Å². The molecule has 1 saturated heterocycles. The number of carbonyl (C=O) groups excluding carboxylic acids is 1. The quantitative estimate of drug-likeness (QED) is 0.848. The summed E-state index contributed by atoms with van der Waals surface area (Å²) in [6, 6.07) is 2.59. The Morgan fingerprint density at radius 1 is 1.27 bits per heavy atom. The number of H-pyrrole nitrogens is 1. The zero-order valence-electron chi connectivity index (χ0n) is 14.2. The van der Waals surface area contributed by atoms with Gasteiger partial charge in [-0.15, -0.1) is 0 Å². The van der Waals surface area contributed by atoms with Gasteiger partial charge in [-0.25, -0.2) is 0 Å². The average molecular weight is 306 g/mol. The van der Waals surface area contributed by atoms with E-state index in [-0.39, 0.29) is 6.04 Å². The van der Waals surface area contributed by atoms with E-state index in [1.165, 1.54) is 12.8 Å². The minimum absolute atomic E-state index is 0.200. The highest BCUT2D eigenvalue weighted by Gasteiger charge is 2.19. The average Bonchev–Trinajstić information content (AvgIpc) is 2.71. The van der Waals surface area contributed by atoms with Crippen LogP contribution in [0.1, 0.15) is 57.3 Å². The molecule has 5 nitrogen and oxygen atoms in total. The van der Waals surface area contributed by atoms with Crippen LogP contribution in [0.5, 0.6) is 0 Å². The predicted molar refractivity (Wildman–Crippen MR) is 88.8 cm³/mol. The smallest absolute Gasteiger partial charge is 0.224 e. The van der Waals surface area contributed by atoms with Crippen LogP contribution in [0, 0.1) is 6.92 Å². The second-order valence-corrected chi connectivity index (χ2v) is 6.71. The normalized spacial score (nSPS) is 18.8. The van der Waals surface area contributed by atoms with E-state index in [2.05, 4.69) is 35.4 Å². The molecule has 0 saturated carbocycles. The van der Waals surface area contributed by atoms with Gasteiger partial charge >= 0.3 is 0 Å². The van der Waals surface area contributed by atoms with Crippen molar-refractivity contribution in [2.75, 3.05) is 13.1 Å². The number of aryl methyl sites for hydroxylation is 1. The van der Waals surface area contributed by atoms with Crippen molar-refractivity contribution >= 4 is 5.91 Å². The Morgan fingerprint density at radius 2 is 1.95 bits per heavy atom. The Morgan fingerprint density at radius 3 is 2.55 bits per heavy atom. The summed E-state index contributed by atoms with van der Waals surface area (Å²) in [6.45, 7) is 8.14. The van der Waals surface area contributed by atoms with E-state index in [0.29, 0.717) is 18.4 Å². The topological polar surface area (TPSA) is 61.0 Å². The second kappa shape index (κ2) is 8.32. The first-order valence-electron chi connectivity index (χ1n) is 8.59. The molecular formula is C17H30N4O. The highest BCUT2D eigenvalue weighted by atomic mass is 16.2. The van der Waals surface area contributed by atoms with Crippen LogP contribution in [0.4, 0.5) is 0 Å². The number of likely N-dealkylation sites (tertiary alicyclic amines) is 1. The van der Waals surface area contributed by atoms with Gasteiger partial charge in [0.25, 0.3) is 0 Å². The number of hydrogen-bond acceptors (Lipinski definition) is 3. The molecule has 0 spiro atoms. The molecule has 0 radical (unpaired) electrons. The fraction of sp³-hybridized carbons (Fsp3) is 0.765. The van der Waals surface area contributed by atoms with Crippen molar-refractivity contribution in [1.82, 2.24) is 20.4 Å². The molecule has 124 valence electrons. The maximum atomic E-state index is 12.4. The summed E-state index contributed by atoms with van der Waals surface area (Å²) in [6.07, 6.45) is 6.30. The number of amides is 1. The monoisotopic (exact) mass is 306 g/mol. The number of rotatable bonds is 6. The third-order valence-corrected chi connectivity index (χ3v) is 4.28. The van der Waals surface area contributed by atoms with Crippen molar-refractivity contribution in [1.29, 1.82) is 0 Å². The van der Waals surface area contributed by atoms with Crippen LogP contribution in [-0.4, -0.2) is 46.2 Å². The van der Waals surface area contributed by atoms with Crippen molar-refractivity contribution in [2.24, 2.45) is 0 Å². The zero-order chi connectivity index (χ0) is 15.9. The summed E-state index contributed by atoms with van der Waals surface area (Å²) in [4.78, 5) is 14.4. The fourth-order valence-corrected chi connectivity index (χ4v) is 3.21. The molecule has 2 heterocycles. The molecule has 2 atom stereocenters. The Balaban J connectivity index is 1.73. The van der Waals surface area contributed by atoms with Gasteiger partial charge in [0, 0.05) is 43.7 Å². The van der Waals surface area contributed by atoms with Crippen LogP contribution in [0.2, 0.25) is 0 Å². The van der Waals surface area contributed by atoms with E-state index in [9.17, 15) is 4.79 Å². The summed E-state index contributed by atoms with van der Waals surface area (Å²) in [7, 11) is 0. The molecule has 1 aromatic rings. The summed E-state index contributed by atoms with van der Waals surface area (Å²) >= 11 is 0. The van der Waals surface area contributed by atoms with E-state index >= 15 is 0 Å². The highest BCUT2D eigenvalue weighted by Crippen LogP contribution is 2.12. The second-order valence-electron chi connectivity index (χ2n) is 6.71. The third-order valence-electron chi connectivity index (χ3n) is 4.28. The van der Waals surface area contributed by atoms with Crippen LogP contribution in [0.15, 0.2) is 6.07 Å². The molecule has 0 bridgehead atoms. The standard InChI is InChI=1S/C17H30N4O/c1-13(10-16-11-15(3)19-20-16)18-14(2)12-17(22)21-8-6-4-5-7-9-21/h11,13-14,18H,4-10,12H2,1-3H3,(H,19,20)/t13-,14+/m1/s1. The van der Waals surface area contributed by atoms with Crippen molar-refractivity contribution in [3.05, 3.63) is 17.5 Å². The number of aromatic nitrogens is 2. The molecule has 2 N–H and O–H groups in total. The first-order valence-corrected chi connectivity index (χ1v) is 8.59. The molecule has 1 amide bonds. The third kappa shape index (κ3) is 5.44. The van der Waals surface area contributed by atoms with Crippen LogP contribution < -0.4 is 5.32 Å². The largest absolute Gasteiger partial charge is 0.343 e. The van der Waals surface area contributed by atoms with E-state index in [1.54, 1.807) is 0 Å². The van der Waals surface area contributed by atoms with E-state index in [1.807, 2.05) is 11.8 Å². The van der Waals surface area contributed by atoms with Gasteiger partial charge in [0.1, 0.15) is 0 Å². The number of nitrogens with zero attached hydrogens (tertiary/aromatic N) is 2. The van der Waals surface area contributed by atoms with Gasteiger partial charge in [-0.05, 0) is 39.7 Å². The first-order chi connectivity index (χ1) is 10.5. The van der Waals surface area contributed by atoms with Gasteiger partial charge in [0.15, 0.2) is 0 Å². The van der Waals surface area contributed by atoms with Gasteiger partial charge in [-0.3, -0.25) is 9.89 Å². The Bertz CT molecular complexity index is 463. The van der Waals surface area contributed by atoms with Crippen LogP contribution in [0.25, 0.3) is 0 Å². The van der Waals surface area contributed by atoms with E-state index in [0.717, 1.165) is 43.7 Å². The van der Waals surface area contributed by atoms with Crippen molar-refractivity contribution in [3.8, 4) is 0 Å². The number of aromatic amines is 1. The molecule has 1 aliphatic heterocycles. The molecule has 0 unspecified atom stereocenters. The number of hydrogen-bond donors (Lipinski definition) is 2. The summed E-state index contributed by atoms with van der Waals surface area (Å²) < 4.78 is 0. The molecule has 5 heteroatoms. The lowest BCUT2D eigenvalue weighted by Gasteiger charge is -2.24. The van der Waals surface area contributed by atoms with Crippen LogP contribution >= 0.6 is 0 Å². The van der Waals surface area contributed by atoms with Gasteiger partial charge in [0.2, 0.25) is 5.91 Å². The first kappa shape index (κ1) is 17.0. The lowest BCUT2D eigenvalue weighted by molar-refractivity contribution is -0.131. The maximum absolute atomic E-state index is 12.4. The predicted octanol–water partition coefficient (Wildman–Crippen LogP) is 2.42. The van der Waals surface area contributed by atoms with E-state index in [4.69, 9.17) is 0 Å².